The molecule has 5 heteroatoms. The number of allylic oxidation sites excluding steroid dienone is 1. The summed E-state index contributed by atoms with van der Waals surface area (Å²) in [6.45, 7) is 6.26. The normalized spacial score (nSPS) is 11.7. The van der Waals surface area contributed by atoms with Gasteiger partial charge in [0.2, 0.25) is 5.91 Å². The monoisotopic (exact) mass is 479 g/mol. The average molecular weight is 480 g/mol. The number of aryl methyl sites for hydroxylation is 1. The second-order valence-electron chi connectivity index (χ2n) is 8.69. The Kier molecular flexibility index (Phi) is 6.30. The van der Waals surface area contributed by atoms with Crippen LogP contribution >= 0.6 is 0 Å². The number of amides is 1. The molecule has 0 saturated carbocycles. The zero-order valence-corrected chi connectivity index (χ0v) is 20.4. The fourth-order valence-electron chi connectivity index (χ4n) is 4.59. The molecule has 0 saturated heterocycles. The lowest BCUT2D eigenvalue weighted by molar-refractivity contribution is -0.111. The maximum Gasteiger partial charge on any atom is 0.248 e. The number of hydrogen-bond acceptors (Lipinski definition) is 3. The second kappa shape index (κ2) is 9.70. The molecule has 180 valence electrons. The van der Waals surface area contributed by atoms with E-state index in [-0.39, 0.29) is 11.7 Å². The molecule has 5 aromatic rings. The van der Waals surface area contributed by atoms with Gasteiger partial charge in [0, 0.05) is 33.8 Å². The number of hydrogen-bond donors (Lipinski definition) is 1. The van der Waals surface area contributed by atoms with Gasteiger partial charge in [-0.05, 0) is 73.0 Å². The summed E-state index contributed by atoms with van der Waals surface area (Å²) < 4.78 is 25.3. The van der Waals surface area contributed by atoms with Crippen LogP contribution in [0.2, 0.25) is 0 Å². The molecule has 5 rings (SSSR count). The molecule has 1 aromatic heterocycles. The highest BCUT2D eigenvalue weighted by molar-refractivity contribution is 6.08. The Morgan fingerprint density at radius 2 is 1.75 bits per heavy atom. The molecule has 0 aliphatic carbocycles. The fraction of sp³-hybridized carbons (Fsp3) is 0.129. The summed E-state index contributed by atoms with van der Waals surface area (Å²) in [6.07, 6.45) is 3.32. The van der Waals surface area contributed by atoms with Gasteiger partial charge in [0.25, 0.3) is 0 Å². The van der Waals surface area contributed by atoms with Gasteiger partial charge in [0.1, 0.15) is 17.1 Å². The topological polar surface area (TPSA) is 51.5 Å². The minimum absolute atomic E-state index is 0.305. The lowest BCUT2D eigenvalue weighted by Gasteiger charge is -2.15. The van der Waals surface area contributed by atoms with Crippen molar-refractivity contribution in [3.05, 3.63) is 102 Å². The van der Waals surface area contributed by atoms with Crippen LogP contribution in [0.1, 0.15) is 25.0 Å². The molecule has 0 fully saturated rings. The molecule has 0 unspecified atom stereocenters. The van der Waals surface area contributed by atoms with Gasteiger partial charge in [-0.3, -0.25) is 4.79 Å². The summed E-state index contributed by atoms with van der Waals surface area (Å²) in [5.74, 6) is 0.0277. The van der Waals surface area contributed by atoms with Crippen LogP contribution in [-0.4, -0.2) is 12.5 Å². The Labute approximate surface area is 209 Å². The molecule has 0 aliphatic heterocycles. The number of benzene rings is 4. The highest BCUT2D eigenvalue weighted by atomic mass is 19.1. The molecule has 0 spiro atoms. The van der Waals surface area contributed by atoms with E-state index in [0.29, 0.717) is 18.0 Å². The molecule has 4 nitrogen and oxygen atoms in total. The van der Waals surface area contributed by atoms with Crippen LogP contribution < -0.4 is 10.1 Å². The quantitative estimate of drug-likeness (QED) is 0.250. The third-order valence-electron chi connectivity index (χ3n) is 6.30. The Morgan fingerprint density at radius 1 is 1.00 bits per heavy atom. The van der Waals surface area contributed by atoms with Crippen LogP contribution in [0.25, 0.3) is 38.4 Å². The van der Waals surface area contributed by atoms with Gasteiger partial charge in [-0.15, -0.1) is 0 Å². The number of halogens is 1. The van der Waals surface area contributed by atoms with Crippen LogP contribution in [0.4, 0.5) is 10.1 Å². The molecule has 0 atom stereocenters. The highest BCUT2D eigenvalue weighted by Gasteiger charge is 2.20. The number of rotatable bonds is 6. The van der Waals surface area contributed by atoms with Gasteiger partial charge in [0.15, 0.2) is 0 Å². The first-order valence-corrected chi connectivity index (χ1v) is 11.9. The number of carbonyl (C=O) groups excluding carboxylic acids is 1. The first-order chi connectivity index (χ1) is 17.5. The molecule has 1 N–H and O–H groups in total. The van der Waals surface area contributed by atoms with Crippen molar-refractivity contribution in [2.45, 2.75) is 20.8 Å². The summed E-state index contributed by atoms with van der Waals surface area (Å²) in [7, 11) is 0. The summed E-state index contributed by atoms with van der Waals surface area (Å²) in [5.41, 5.74) is 5.79. The number of furan rings is 1. The van der Waals surface area contributed by atoms with Gasteiger partial charge in [-0.25, -0.2) is 4.39 Å². The average Bonchev–Trinajstić information content (AvgIpc) is 3.30. The number of carbonyl (C=O) groups is 1. The van der Waals surface area contributed by atoms with Crippen molar-refractivity contribution < 1.29 is 18.3 Å². The predicted octanol–water partition coefficient (Wildman–Crippen LogP) is 8.14. The van der Waals surface area contributed by atoms with Crippen LogP contribution in [0.15, 0.2) is 89.6 Å². The van der Waals surface area contributed by atoms with Crippen molar-refractivity contribution in [2.75, 3.05) is 11.9 Å². The number of nitrogens with one attached hydrogen (secondary N) is 1. The molecule has 0 radical (unpaired) electrons. The largest absolute Gasteiger partial charge is 0.493 e. The lowest BCUT2D eigenvalue weighted by Crippen LogP contribution is -2.09. The van der Waals surface area contributed by atoms with E-state index in [0.717, 1.165) is 49.6 Å². The second-order valence-corrected chi connectivity index (χ2v) is 8.69. The van der Waals surface area contributed by atoms with Crippen molar-refractivity contribution in [1.29, 1.82) is 0 Å². The molecule has 36 heavy (non-hydrogen) atoms. The third-order valence-corrected chi connectivity index (χ3v) is 6.30. The molecule has 0 aliphatic rings. The van der Waals surface area contributed by atoms with Crippen LogP contribution in [0.5, 0.6) is 5.75 Å². The molecular weight excluding hydrogens is 453 g/mol. The number of ether oxygens (including phenoxy) is 1. The predicted molar refractivity (Wildman–Crippen MR) is 144 cm³/mol. The standard InChI is InChI=1S/C31H26FNO3/c1-4-35-30-20(3)31-27(28(18-36-31)25-11-7-9-21-8-5-6-10-24(21)25)17-26(30)19(2)16-29(34)33-23-14-12-22(32)13-15-23/h5-18H,4H2,1-3H3,(H,33,34)/b19-16+. The molecule has 1 heterocycles. The van der Waals surface area contributed by atoms with Crippen LogP contribution in [0, 0.1) is 12.7 Å². The Balaban J connectivity index is 1.62. The SMILES string of the molecule is CCOc1c(/C(C)=C/C(=O)Nc2ccc(F)cc2)cc2c(-c3cccc4ccccc34)coc2c1C. The van der Waals surface area contributed by atoms with Crippen molar-refractivity contribution in [3.8, 4) is 16.9 Å². The zero-order chi connectivity index (χ0) is 25.2. The Bertz CT molecular complexity index is 1610. The van der Waals surface area contributed by atoms with Gasteiger partial charge in [0.05, 0.1) is 12.9 Å². The molecular formula is C31H26FNO3. The Hall–Kier alpha value is -4.38. The van der Waals surface area contributed by atoms with E-state index in [2.05, 4.69) is 29.6 Å². The van der Waals surface area contributed by atoms with Gasteiger partial charge in [-0.1, -0.05) is 42.5 Å². The Morgan fingerprint density at radius 3 is 2.53 bits per heavy atom. The molecule has 0 bridgehead atoms. The van der Waals surface area contributed by atoms with E-state index in [1.807, 2.05) is 45.0 Å². The summed E-state index contributed by atoms with van der Waals surface area (Å²) in [6, 6.07) is 22.2. The summed E-state index contributed by atoms with van der Waals surface area (Å²) in [5, 5.41) is 6.03. The minimum atomic E-state index is -0.355. The van der Waals surface area contributed by atoms with E-state index < -0.39 is 0 Å². The zero-order valence-electron chi connectivity index (χ0n) is 20.4. The van der Waals surface area contributed by atoms with E-state index in [1.54, 1.807) is 6.26 Å². The summed E-state index contributed by atoms with van der Waals surface area (Å²) >= 11 is 0. The minimum Gasteiger partial charge on any atom is -0.493 e. The van der Waals surface area contributed by atoms with Gasteiger partial charge in [-0.2, -0.15) is 0 Å². The number of fused-ring (bicyclic) bond motifs is 2. The van der Waals surface area contributed by atoms with Gasteiger partial charge < -0.3 is 14.5 Å². The smallest absolute Gasteiger partial charge is 0.248 e. The third kappa shape index (κ3) is 4.36. The van der Waals surface area contributed by atoms with E-state index in [4.69, 9.17) is 9.15 Å². The van der Waals surface area contributed by atoms with Crippen molar-refractivity contribution in [2.24, 2.45) is 0 Å². The van der Waals surface area contributed by atoms with E-state index >= 15 is 0 Å². The molecule has 4 aromatic carbocycles. The summed E-state index contributed by atoms with van der Waals surface area (Å²) in [4.78, 5) is 12.7. The molecule has 1 amide bonds. The van der Waals surface area contributed by atoms with Crippen molar-refractivity contribution in [3.63, 3.8) is 0 Å². The maximum atomic E-state index is 13.2. The highest BCUT2D eigenvalue weighted by Crippen LogP contribution is 2.42. The first-order valence-electron chi connectivity index (χ1n) is 11.9. The van der Waals surface area contributed by atoms with E-state index in [1.165, 1.54) is 30.3 Å². The first kappa shape index (κ1) is 23.4. The van der Waals surface area contributed by atoms with Crippen LogP contribution in [-0.2, 0) is 4.79 Å². The van der Waals surface area contributed by atoms with Crippen molar-refractivity contribution in [1.82, 2.24) is 0 Å². The number of anilines is 1. The van der Waals surface area contributed by atoms with Crippen LogP contribution in [0.3, 0.4) is 0 Å². The van der Waals surface area contributed by atoms with Crippen molar-refractivity contribution >= 4 is 38.9 Å². The maximum absolute atomic E-state index is 13.2. The lowest BCUT2D eigenvalue weighted by atomic mass is 9.94. The van der Waals surface area contributed by atoms with E-state index in [9.17, 15) is 9.18 Å². The van der Waals surface area contributed by atoms with Gasteiger partial charge >= 0.3 is 0 Å². The fourth-order valence-corrected chi connectivity index (χ4v) is 4.59.